The number of carbonyl (C=O) groups excluding carboxylic acids is 1. The number of amides is 1. The number of likely N-dealkylation sites (tertiary alicyclic amines) is 1. The molecule has 0 bridgehead atoms. The van der Waals surface area contributed by atoms with Crippen molar-refractivity contribution >= 4 is 17.2 Å². The van der Waals surface area contributed by atoms with E-state index in [1.165, 1.54) is 6.42 Å². The highest BCUT2D eigenvalue weighted by molar-refractivity contribution is 7.13. The van der Waals surface area contributed by atoms with Crippen molar-refractivity contribution in [2.45, 2.75) is 19.8 Å². The topological polar surface area (TPSA) is 68.5 Å². The van der Waals surface area contributed by atoms with E-state index < -0.39 is 0 Å². The third kappa shape index (κ3) is 4.03. The summed E-state index contributed by atoms with van der Waals surface area (Å²) in [6, 6.07) is 11.3. The zero-order valence-electron chi connectivity index (χ0n) is 15.1. The molecule has 0 saturated carbocycles. The lowest BCUT2D eigenvalue weighted by Crippen LogP contribution is -2.41. The van der Waals surface area contributed by atoms with Crippen molar-refractivity contribution in [3.8, 4) is 27.9 Å². The van der Waals surface area contributed by atoms with Gasteiger partial charge in [0.05, 0.1) is 10.4 Å². The van der Waals surface area contributed by atoms with Crippen molar-refractivity contribution in [1.29, 1.82) is 0 Å². The van der Waals surface area contributed by atoms with Crippen molar-refractivity contribution in [2.24, 2.45) is 5.92 Å². The molecule has 1 aliphatic rings. The minimum atomic E-state index is 0.0133. The fourth-order valence-electron chi connectivity index (χ4n) is 3.26. The molecule has 1 fully saturated rings. The van der Waals surface area contributed by atoms with Gasteiger partial charge in [-0.3, -0.25) is 4.79 Å². The zero-order chi connectivity index (χ0) is 18.6. The zero-order valence-corrected chi connectivity index (χ0v) is 15.9. The van der Waals surface area contributed by atoms with Crippen molar-refractivity contribution in [3.63, 3.8) is 0 Å². The van der Waals surface area contributed by atoms with Gasteiger partial charge in [-0.05, 0) is 42.3 Å². The summed E-state index contributed by atoms with van der Waals surface area (Å²) in [4.78, 5) is 19.8. The summed E-state index contributed by atoms with van der Waals surface area (Å²) in [5.41, 5.74) is 0.712. The van der Waals surface area contributed by atoms with E-state index in [4.69, 9.17) is 9.26 Å². The average Bonchev–Trinajstić information content (AvgIpc) is 3.38. The maximum atomic E-state index is 12.5. The molecule has 0 spiro atoms. The molecule has 3 heterocycles. The minimum Gasteiger partial charge on any atom is -0.483 e. The molecule has 0 radical (unpaired) electrons. The first-order valence-corrected chi connectivity index (χ1v) is 9.96. The van der Waals surface area contributed by atoms with Gasteiger partial charge in [-0.2, -0.15) is 4.98 Å². The molecule has 27 heavy (non-hydrogen) atoms. The Kier molecular flexibility index (Phi) is 5.20. The number of hydrogen-bond donors (Lipinski definition) is 0. The molecule has 1 aromatic carbocycles. The summed E-state index contributed by atoms with van der Waals surface area (Å²) < 4.78 is 11.2. The molecule has 7 heteroatoms. The Hall–Kier alpha value is -2.67. The number of carbonyl (C=O) groups is 1. The van der Waals surface area contributed by atoms with Crippen LogP contribution in [0.25, 0.3) is 22.2 Å². The molecule has 1 atom stereocenters. The van der Waals surface area contributed by atoms with Gasteiger partial charge in [-0.1, -0.05) is 30.3 Å². The lowest BCUT2D eigenvalue weighted by molar-refractivity contribution is -0.135. The van der Waals surface area contributed by atoms with Crippen molar-refractivity contribution in [1.82, 2.24) is 15.0 Å². The Morgan fingerprint density at radius 1 is 1.33 bits per heavy atom. The summed E-state index contributed by atoms with van der Waals surface area (Å²) in [7, 11) is 0. The van der Waals surface area contributed by atoms with Gasteiger partial charge in [0.15, 0.2) is 6.61 Å². The number of benzene rings is 1. The molecular weight excluding hydrogens is 362 g/mol. The third-order valence-electron chi connectivity index (χ3n) is 4.65. The quantitative estimate of drug-likeness (QED) is 0.663. The smallest absolute Gasteiger partial charge is 0.268 e. The SMILES string of the molecule is C[C@@H]1CCCN(C(=O)COc2ccccc2-c2noc(-c3cccs3)n2)C1. The Morgan fingerprint density at radius 3 is 3.04 bits per heavy atom. The van der Waals surface area contributed by atoms with Gasteiger partial charge in [0.25, 0.3) is 11.8 Å². The average molecular weight is 383 g/mol. The second kappa shape index (κ2) is 7.92. The van der Waals surface area contributed by atoms with Crippen molar-refractivity contribution in [2.75, 3.05) is 19.7 Å². The van der Waals surface area contributed by atoms with Crippen LogP contribution >= 0.6 is 11.3 Å². The number of nitrogens with zero attached hydrogens (tertiary/aromatic N) is 3. The van der Waals surface area contributed by atoms with E-state index in [1.807, 2.05) is 46.7 Å². The minimum absolute atomic E-state index is 0.0133. The fraction of sp³-hybridized carbons (Fsp3) is 0.350. The van der Waals surface area contributed by atoms with Crippen LogP contribution in [-0.4, -0.2) is 40.6 Å². The first kappa shape index (κ1) is 17.7. The highest BCUT2D eigenvalue weighted by Crippen LogP contribution is 2.31. The molecule has 6 nitrogen and oxygen atoms in total. The van der Waals surface area contributed by atoms with Crippen LogP contribution in [0.2, 0.25) is 0 Å². The summed E-state index contributed by atoms with van der Waals surface area (Å²) >= 11 is 1.54. The lowest BCUT2D eigenvalue weighted by Gasteiger charge is -2.30. The van der Waals surface area contributed by atoms with E-state index in [1.54, 1.807) is 11.3 Å². The normalized spacial score (nSPS) is 17.1. The largest absolute Gasteiger partial charge is 0.483 e. The van der Waals surface area contributed by atoms with E-state index in [2.05, 4.69) is 17.1 Å². The van der Waals surface area contributed by atoms with E-state index in [9.17, 15) is 4.79 Å². The molecule has 3 aromatic rings. The number of thiophene rings is 1. The van der Waals surface area contributed by atoms with Gasteiger partial charge in [0.2, 0.25) is 5.82 Å². The summed E-state index contributed by atoms with van der Waals surface area (Å²) in [6.07, 6.45) is 2.23. The van der Waals surface area contributed by atoms with Gasteiger partial charge in [-0.15, -0.1) is 11.3 Å². The Morgan fingerprint density at radius 2 is 2.22 bits per heavy atom. The molecular formula is C20H21N3O3S. The molecule has 1 saturated heterocycles. The van der Waals surface area contributed by atoms with Crippen LogP contribution in [0, 0.1) is 5.92 Å². The molecule has 1 aliphatic heterocycles. The van der Waals surface area contributed by atoms with Crippen LogP contribution in [0.15, 0.2) is 46.3 Å². The van der Waals surface area contributed by atoms with Crippen LogP contribution in [0.1, 0.15) is 19.8 Å². The number of rotatable bonds is 5. The van der Waals surface area contributed by atoms with E-state index >= 15 is 0 Å². The molecule has 140 valence electrons. The number of piperidine rings is 1. The first-order chi connectivity index (χ1) is 13.2. The van der Waals surface area contributed by atoms with E-state index in [0.29, 0.717) is 28.9 Å². The van der Waals surface area contributed by atoms with Gasteiger partial charge >= 0.3 is 0 Å². The maximum Gasteiger partial charge on any atom is 0.268 e. The van der Waals surface area contributed by atoms with Crippen molar-refractivity contribution < 1.29 is 14.1 Å². The van der Waals surface area contributed by atoms with Gasteiger partial charge in [0.1, 0.15) is 5.75 Å². The van der Waals surface area contributed by atoms with Crippen LogP contribution in [0.3, 0.4) is 0 Å². The fourth-order valence-corrected chi connectivity index (χ4v) is 3.90. The maximum absolute atomic E-state index is 12.5. The number of aromatic nitrogens is 2. The Labute approximate surface area is 161 Å². The second-order valence-electron chi connectivity index (χ2n) is 6.77. The van der Waals surface area contributed by atoms with Crippen LogP contribution in [-0.2, 0) is 4.79 Å². The second-order valence-corrected chi connectivity index (χ2v) is 7.72. The molecule has 1 amide bonds. The molecule has 4 rings (SSSR count). The number of hydrogen-bond acceptors (Lipinski definition) is 6. The molecule has 2 aromatic heterocycles. The van der Waals surface area contributed by atoms with Gasteiger partial charge in [0, 0.05) is 13.1 Å². The van der Waals surface area contributed by atoms with Crippen molar-refractivity contribution in [3.05, 3.63) is 41.8 Å². The van der Waals surface area contributed by atoms with E-state index in [-0.39, 0.29) is 12.5 Å². The molecule has 0 N–H and O–H groups in total. The molecule has 0 unspecified atom stereocenters. The Bertz CT molecular complexity index is 907. The lowest BCUT2D eigenvalue weighted by atomic mass is 10.0. The highest BCUT2D eigenvalue weighted by Gasteiger charge is 2.22. The predicted molar refractivity (Wildman–Crippen MR) is 104 cm³/mol. The van der Waals surface area contributed by atoms with E-state index in [0.717, 1.165) is 24.4 Å². The number of ether oxygens (including phenoxy) is 1. The third-order valence-corrected chi connectivity index (χ3v) is 5.50. The highest BCUT2D eigenvalue weighted by atomic mass is 32.1. The van der Waals surface area contributed by atoms with Crippen LogP contribution < -0.4 is 4.74 Å². The van der Waals surface area contributed by atoms with Gasteiger partial charge < -0.3 is 14.2 Å². The molecule has 0 aliphatic carbocycles. The summed E-state index contributed by atoms with van der Waals surface area (Å²) in [5.74, 6) is 2.07. The monoisotopic (exact) mass is 383 g/mol. The summed E-state index contributed by atoms with van der Waals surface area (Å²) in [5, 5.41) is 6.04. The van der Waals surface area contributed by atoms with Crippen LogP contribution in [0.5, 0.6) is 5.75 Å². The standard InChI is InChI=1S/C20H21N3O3S/c1-14-6-4-10-23(12-14)18(24)13-25-16-8-3-2-7-15(16)19-21-20(26-22-19)17-9-5-11-27-17/h2-3,5,7-9,11,14H,4,6,10,12-13H2,1H3/t14-/m1/s1. The first-order valence-electron chi connectivity index (χ1n) is 9.08. The number of para-hydroxylation sites is 1. The Balaban J connectivity index is 1.48. The van der Waals surface area contributed by atoms with Gasteiger partial charge in [-0.25, -0.2) is 0 Å². The van der Waals surface area contributed by atoms with Crippen LogP contribution in [0.4, 0.5) is 0 Å². The predicted octanol–water partition coefficient (Wildman–Crippen LogP) is 4.10. The summed E-state index contributed by atoms with van der Waals surface area (Å²) in [6.45, 7) is 3.80.